The zero-order valence-corrected chi connectivity index (χ0v) is 18.6. The Morgan fingerprint density at radius 3 is 2.47 bits per heavy atom. The quantitative estimate of drug-likeness (QED) is 0.539. The summed E-state index contributed by atoms with van der Waals surface area (Å²) in [6.45, 7) is 3.40. The molecular weight excluding hydrogens is 450 g/mol. The maximum atomic E-state index is 14.7. The Morgan fingerprint density at radius 2 is 1.82 bits per heavy atom. The number of benzene rings is 1. The molecule has 0 bridgehead atoms. The number of amides is 1. The Bertz CT molecular complexity index is 1320. The van der Waals surface area contributed by atoms with E-state index in [9.17, 15) is 23.2 Å². The first-order valence-electron chi connectivity index (χ1n) is 10.6. The summed E-state index contributed by atoms with van der Waals surface area (Å²) in [5.41, 5.74) is -0.894. The molecule has 0 spiro atoms. The van der Waals surface area contributed by atoms with E-state index in [2.05, 4.69) is 4.98 Å². The van der Waals surface area contributed by atoms with Gasteiger partial charge in [-0.05, 0) is 31.2 Å². The highest BCUT2D eigenvalue weighted by molar-refractivity contribution is 5.93. The number of piperazine rings is 1. The van der Waals surface area contributed by atoms with Gasteiger partial charge in [-0.15, -0.1) is 0 Å². The van der Waals surface area contributed by atoms with E-state index in [1.165, 1.54) is 23.8 Å². The van der Waals surface area contributed by atoms with Crippen LogP contribution in [0.25, 0.3) is 16.7 Å². The second-order valence-electron chi connectivity index (χ2n) is 7.54. The third kappa shape index (κ3) is 4.28. The molecule has 1 amide bonds. The lowest BCUT2D eigenvalue weighted by Gasteiger charge is -2.34. The van der Waals surface area contributed by atoms with Crippen molar-refractivity contribution in [3.63, 3.8) is 0 Å². The molecule has 0 unspecified atom stereocenters. The van der Waals surface area contributed by atoms with Crippen molar-refractivity contribution in [1.29, 1.82) is 0 Å². The number of hydrogen-bond donors (Lipinski definition) is 0. The number of rotatable bonds is 4. The molecule has 0 aliphatic carbocycles. The molecule has 1 aliphatic rings. The zero-order chi connectivity index (χ0) is 24.4. The fraction of sp³-hybridized carbons (Fsp3) is 0.304. The van der Waals surface area contributed by atoms with Crippen LogP contribution >= 0.6 is 0 Å². The number of pyridine rings is 2. The molecule has 1 fully saturated rings. The summed E-state index contributed by atoms with van der Waals surface area (Å²) in [5.74, 6) is -2.02. The molecule has 3 aromatic rings. The molecule has 4 rings (SSSR count). The van der Waals surface area contributed by atoms with Gasteiger partial charge in [-0.25, -0.2) is 23.4 Å². The monoisotopic (exact) mass is 472 g/mol. The third-order valence-corrected chi connectivity index (χ3v) is 5.54. The molecule has 178 valence electrons. The average molecular weight is 472 g/mol. The van der Waals surface area contributed by atoms with Gasteiger partial charge in [-0.2, -0.15) is 0 Å². The van der Waals surface area contributed by atoms with Gasteiger partial charge in [-0.3, -0.25) is 9.36 Å². The van der Waals surface area contributed by atoms with Crippen molar-refractivity contribution in [2.45, 2.75) is 6.92 Å². The van der Waals surface area contributed by atoms with Crippen LogP contribution < -0.4 is 10.3 Å². The first kappa shape index (κ1) is 23.1. The second kappa shape index (κ2) is 9.46. The van der Waals surface area contributed by atoms with Crippen LogP contribution in [0.15, 0.2) is 41.3 Å². The molecule has 1 saturated heterocycles. The number of halogens is 2. The number of carbonyl (C=O) groups is 2. The normalized spacial score (nSPS) is 13.8. The average Bonchev–Trinajstić information content (AvgIpc) is 2.84. The van der Waals surface area contributed by atoms with Crippen LogP contribution in [-0.2, 0) is 9.47 Å². The summed E-state index contributed by atoms with van der Waals surface area (Å²) in [5, 5.41) is 0.0752. The molecule has 1 aliphatic heterocycles. The van der Waals surface area contributed by atoms with E-state index >= 15 is 0 Å². The van der Waals surface area contributed by atoms with Crippen molar-refractivity contribution in [3.8, 4) is 5.69 Å². The zero-order valence-electron chi connectivity index (χ0n) is 18.6. The number of hydrogen-bond acceptors (Lipinski definition) is 7. The number of methoxy groups -OCH3 is 1. The predicted molar refractivity (Wildman–Crippen MR) is 119 cm³/mol. The Morgan fingerprint density at radius 1 is 1.09 bits per heavy atom. The maximum Gasteiger partial charge on any atom is 0.409 e. The highest BCUT2D eigenvalue weighted by atomic mass is 19.1. The van der Waals surface area contributed by atoms with E-state index in [-0.39, 0.29) is 28.9 Å². The number of fused-ring (bicyclic) bond motifs is 1. The van der Waals surface area contributed by atoms with Crippen LogP contribution in [0.2, 0.25) is 0 Å². The Labute approximate surface area is 193 Å². The van der Waals surface area contributed by atoms with Gasteiger partial charge < -0.3 is 19.3 Å². The van der Waals surface area contributed by atoms with Crippen LogP contribution in [0.5, 0.6) is 0 Å². The maximum absolute atomic E-state index is 14.7. The number of nitrogens with zero attached hydrogens (tertiary/aromatic N) is 4. The number of aromatic nitrogens is 2. The molecule has 0 saturated carbocycles. The first-order valence-corrected chi connectivity index (χ1v) is 10.6. The molecule has 1 aromatic carbocycles. The molecule has 0 radical (unpaired) electrons. The van der Waals surface area contributed by atoms with E-state index in [0.29, 0.717) is 38.1 Å². The minimum absolute atomic E-state index is 0.0515. The van der Waals surface area contributed by atoms with E-state index in [4.69, 9.17) is 9.47 Å². The van der Waals surface area contributed by atoms with Gasteiger partial charge >= 0.3 is 12.1 Å². The van der Waals surface area contributed by atoms with Crippen LogP contribution in [0.1, 0.15) is 17.3 Å². The van der Waals surface area contributed by atoms with Crippen molar-refractivity contribution in [2.75, 3.05) is 44.8 Å². The van der Waals surface area contributed by atoms with Crippen molar-refractivity contribution in [1.82, 2.24) is 14.5 Å². The van der Waals surface area contributed by atoms with Gasteiger partial charge in [0.25, 0.3) is 0 Å². The van der Waals surface area contributed by atoms with E-state index in [1.807, 2.05) is 4.90 Å². The highest BCUT2D eigenvalue weighted by Crippen LogP contribution is 2.23. The minimum atomic E-state index is -0.890. The lowest BCUT2D eigenvalue weighted by molar-refractivity contribution is 0.0524. The third-order valence-electron chi connectivity index (χ3n) is 5.54. The molecule has 34 heavy (non-hydrogen) atoms. The molecule has 0 N–H and O–H groups in total. The summed E-state index contributed by atoms with van der Waals surface area (Å²) in [6.07, 6.45) is 0.739. The van der Waals surface area contributed by atoms with Gasteiger partial charge in [0, 0.05) is 38.4 Å². The second-order valence-corrected chi connectivity index (χ2v) is 7.54. The number of carbonyl (C=O) groups excluding carboxylic acids is 2. The summed E-state index contributed by atoms with van der Waals surface area (Å²) in [7, 11) is 1.32. The molecule has 2 aromatic heterocycles. The van der Waals surface area contributed by atoms with Crippen molar-refractivity contribution in [3.05, 3.63) is 63.9 Å². The Balaban J connectivity index is 1.83. The largest absolute Gasteiger partial charge is 0.462 e. The number of anilines is 1. The molecule has 11 heteroatoms. The Kier molecular flexibility index (Phi) is 6.44. The topological polar surface area (TPSA) is 94.0 Å². The molecule has 0 atom stereocenters. The standard InChI is InChI=1S/C23H22F2N4O5/c1-3-34-22(31)16-13-29(18-6-4-14(24)12-17(18)25)21-15(20(16)30)5-7-19(26-21)27-8-10-28(11-9-27)23(32)33-2/h4-7,12-13H,3,8-11H2,1-2H3. The lowest BCUT2D eigenvalue weighted by Crippen LogP contribution is -2.49. The lowest BCUT2D eigenvalue weighted by atomic mass is 10.1. The number of ether oxygens (including phenoxy) is 2. The molecular formula is C23H22F2N4O5. The predicted octanol–water partition coefficient (Wildman–Crippen LogP) is 2.73. The summed E-state index contributed by atoms with van der Waals surface area (Å²) in [6, 6.07) is 6.11. The van der Waals surface area contributed by atoms with Crippen LogP contribution in [0, 0.1) is 11.6 Å². The minimum Gasteiger partial charge on any atom is -0.462 e. The van der Waals surface area contributed by atoms with Gasteiger partial charge in [0.15, 0.2) is 5.65 Å². The van der Waals surface area contributed by atoms with Gasteiger partial charge in [0.2, 0.25) is 5.43 Å². The summed E-state index contributed by atoms with van der Waals surface area (Å²) >= 11 is 0. The SMILES string of the molecule is CCOC(=O)c1cn(-c2ccc(F)cc2F)c2nc(N3CCN(C(=O)OC)CC3)ccc2c1=O. The fourth-order valence-electron chi connectivity index (χ4n) is 3.83. The smallest absolute Gasteiger partial charge is 0.409 e. The van der Waals surface area contributed by atoms with Crippen molar-refractivity contribution in [2.24, 2.45) is 0 Å². The Hall–Kier alpha value is -4.02. The van der Waals surface area contributed by atoms with Crippen LogP contribution in [0.4, 0.5) is 19.4 Å². The van der Waals surface area contributed by atoms with Crippen LogP contribution in [0.3, 0.4) is 0 Å². The molecule has 3 heterocycles. The van der Waals surface area contributed by atoms with Gasteiger partial charge in [0.1, 0.15) is 23.0 Å². The summed E-state index contributed by atoms with van der Waals surface area (Å²) < 4.78 is 39.2. The first-order chi connectivity index (χ1) is 16.3. The van der Waals surface area contributed by atoms with Crippen LogP contribution in [-0.4, -0.2) is 66.4 Å². The fourth-order valence-corrected chi connectivity index (χ4v) is 3.83. The van der Waals surface area contributed by atoms with Crippen molar-refractivity contribution >= 4 is 28.9 Å². The highest BCUT2D eigenvalue weighted by Gasteiger charge is 2.24. The van der Waals surface area contributed by atoms with E-state index in [0.717, 1.165) is 12.3 Å². The van der Waals surface area contributed by atoms with Gasteiger partial charge in [-0.1, -0.05) is 0 Å². The van der Waals surface area contributed by atoms with Gasteiger partial charge in [0.05, 0.1) is 24.8 Å². The summed E-state index contributed by atoms with van der Waals surface area (Å²) in [4.78, 5) is 45.2. The van der Waals surface area contributed by atoms with E-state index in [1.54, 1.807) is 17.9 Å². The molecule has 9 nitrogen and oxygen atoms in total. The van der Waals surface area contributed by atoms with E-state index < -0.39 is 29.1 Å². The number of esters is 1. The van der Waals surface area contributed by atoms with Crippen molar-refractivity contribution < 1.29 is 27.8 Å².